The molecular weight excluding hydrogens is 312 g/mol. The number of nitrogens with zero attached hydrogens (tertiary/aromatic N) is 2. The van der Waals surface area contributed by atoms with E-state index in [2.05, 4.69) is 4.98 Å². The van der Waals surface area contributed by atoms with E-state index in [1.165, 1.54) is 6.26 Å². The Hall–Kier alpha value is -2.57. The van der Waals surface area contributed by atoms with Crippen LogP contribution in [0.25, 0.3) is 11.7 Å². The molecule has 128 valence electrons. The molecule has 3 rings (SSSR count). The number of carboxylic acids is 1. The number of rotatable bonds is 4. The third kappa shape index (κ3) is 3.06. The van der Waals surface area contributed by atoms with Crippen molar-refractivity contribution in [1.82, 2.24) is 9.88 Å². The van der Waals surface area contributed by atoms with E-state index in [1.807, 2.05) is 0 Å². The van der Waals surface area contributed by atoms with Crippen molar-refractivity contribution in [2.24, 2.45) is 5.92 Å². The van der Waals surface area contributed by atoms with Crippen LogP contribution in [-0.2, 0) is 16.0 Å². The van der Waals surface area contributed by atoms with Crippen molar-refractivity contribution in [2.75, 3.05) is 6.54 Å². The van der Waals surface area contributed by atoms with Crippen LogP contribution < -0.4 is 0 Å². The number of furan rings is 1. The minimum absolute atomic E-state index is 0.0900. The molecule has 2 aromatic rings. The normalized spacial score (nSPS) is 21.0. The average Bonchev–Trinajstić information content (AvgIpc) is 3.17. The van der Waals surface area contributed by atoms with Crippen molar-refractivity contribution >= 4 is 11.9 Å². The van der Waals surface area contributed by atoms with Crippen molar-refractivity contribution in [3.63, 3.8) is 0 Å². The van der Waals surface area contributed by atoms with E-state index in [1.54, 1.807) is 30.9 Å². The lowest BCUT2D eigenvalue weighted by Crippen LogP contribution is -2.49. The molecule has 0 saturated carbocycles. The van der Waals surface area contributed by atoms with Gasteiger partial charge in [0.1, 0.15) is 5.76 Å². The maximum Gasteiger partial charge on any atom is 0.308 e. The molecule has 0 spiro atoms. The summed E-state index contributed by atoms with van der Waals surface area (Å²) in [6, 6.07) is 3.16. The third-order valence-electron chi connectivity index (χ3n) is 4.57. The van der Waals surface area contributed by atoms with E-state index in [4.69, 9.17) is 8.83 Å². The molecule has 7 nitrogen and oxygen atoms in total. The molecule has 0 bridgehead atoms. The Balaban J connectivity index is 1.74. The van der Waals surface area contributed by atoms with Crippen molar-refractivity contribution in [1.29, 1.82) is 0 Å². The summed E-state index contributed by atoms with van der Waals surface area (Å²) in [4.78, 5) is 29.9. The SMILES string of the molecule is Cc1oc(-c2ccco2)nc1CC(=O)N1CCC[C@@H](C(=O)O)[C@H]1C. The Bertz CT molecular complexity index is 734. The highest BCUT2D eigenvalue weighted by atomic mass is 16.4. The Morgan fingerprint density at radius 3 is 2.92 bits per heavy atom. The third-order valence-corrected chi connectivity index (χ3v) is 4.57. The molecule has 24 heavy (non-hydrogen) atoms. The second-order valence-electron chi connectivity index (χ2n) is 6.09. The summed E-state index contributed by atoms with van der Waals surface area (Å²) in [6.07, 6.45) is 2.92. The van der Waals surface area contributed by atoms with E-state index >= 15 is 0 Å². The summed E-state index contributed by atoms with van der Waals surface area (Å²) in [5, 5.41) is 9.28. The second kappa shape index (κ2) is 6.51. The number of hydrogen-bond donors (Lipinski definition) is 1. The first-order chi connectivity index (χ1) is 11.5. The molecule has 2 atom stereocenters. The van der Waals surface area contributed by atoms with Gasteiger partial charge in [0.15, 0.2) is 5.76 Å². The average molecular weight is 332 g/mol. The van der Waals surface area contributed by atoms with Crippen molar-refractivity contribution < 1.29 is 23.5 Å². The van der Waals surface area contributed by atoms with E-state index < -0.39 is 11.9 Å². The van der Waals surface area contributed by atoms with E-state index in [0.717, 1.165) is 0 Å². The van der Waals surface area contributed by atoms with Gasteiger partial charge in [-0.15, -0.1) is 0 Å². The van der Waals surface area contributed by atoms with Gasteiger partial charge < -0.3 is 18.8 Å². The number of carbonyl (C=O) groups excluding carboxylic acids is 1. The van der Waals surface area contributed by atoms with Crippen LogP contribution in [0, 0.1) is 12.8 Å². The Kier molecular flexibility index (Phi) is 4.42. The summed E-state index contributed by atoms with van der Waals surface area (Å²) in [6.45, 7) is 4.12. The second-order valence-corrected chi connectivity index (χ2v) is 6.09. The zero-order chi connectivity index (χ0) is 17.3. The number of carboxylic acid groups (broad SMARTS) is 1. The Morgan fingerprint density at radius 2 is 2.25 bits per heavy atom. The van der Waals surface area contributed by atoms with Crippen LogP contribution in [-0.4, -0.2) is 39.5 Å². The molecule has 2 aromatic heterocycles. The molecule has 0 unspecified atom stereocenters. The van der Waals surface area contributed by atoms with Gasteiger partial charge in [-0.25, -0.2) is 4.98 Å². The lowest BCUT2D eigenvalue weighted by Gasteiger charge is -2.37. The van der Waals surface area contributed by atoms with E-state index in [0.29, 0.717) is 42.5 Å². The first-order valence-corrected chi connectivity index (χ1v) is 8.00. The lowest BCUT2D eigenvalue weighted by molar-refractivity contribution is -0.148. The molecule has 0 aromatic carbocycles. The predicted molar refractivity (Wildman–Crippen MR) is 84.2 cm³/mol. The van der Waals surface area contributed by atoms with E-state index in [-0.39, 0.29) is 18.4 Å². The van der Waals surface area contributed by atoms with Gasteiger partial charge in [-0.05, 0) is 38.8 Å². The summed E-state index contributed by atoms with van der Waals surface area (Å²) in [5.41, 5.74) is 0.552. The molecule has 7 heteroatoms. The number of piperidine rings is 1. The van der Waals surface area contributed by atoms with Gasteiger partial charge in [-0.1, -0.05) is 0 Å². The van der Waals surface area contributed by atoms with E-state index in [9.17, 15) is 14.7 Å². The van der Waals surface area contributed by atoms with Crippen LogP contribution in [0.15, 0.2) is 27.2 Å². The molecule has 1 amide bonds. The van der Waals surface area contributed by atoms with Crippen molar-refractivity contribution in [3.05, 3.63) is 29.9 Å². The zero-order valence-corrected chi connectivity index (χ0v) is 13.7. The number of aromatic nitrogens is 1. The molecule has 0 aliphatic carbocycles. The lowest BCUT2D eigenvalue weighted by atomic mass is 9.90. The molecule has 1 N–H and O–H groups in total. The summed E-state index contributed by atoms with van der Waals surface area (Å²) < 4.78 is 10.8. The summed E-state index contributed by atoms with van der Waals surface area (Å²) in [5.74, 6) is -0.0768. The van der Waals surface area contributed by atoms with Crippen LogP contribution >= 0.6 is 0 Å². The Morgan fingerprint density at radius 1 is 1.46 bits per heavy atom. The first kappa shape index (κ1) is 16.3. The van der Waals surface area contributed by atoms with Gasteiger partial charge in [0, 0.05) is 12.6 Å². The summed E-state index contributed by atoms with van der Waals surface area (Å²) in [7, 11) is 0. The van der Waals surface area contributed by atoms with Crippen molar-refractivity contribution in [3.8, 4) is 11.7 Å². The first-order valence-electron chi connectivity index (χ1n) is 8.00. The molecular formula is C17H20N2O5. The quantitative estimate of drug-likeness (QED) is 0.924. The highest BCUT2D eigenvalue weighted by molar-refractivity contribution is 5.80. The number of likely N-dealkylation sites (tertiary alicyclic amines) is 1. The van der Waals surface area contributed by atoms with Gasteiger partial charge in [0.2, 0.25) is 5.91 Å². The van der Waals surface area contributed by atoms with Gasteiger partial charge in [0.25, 0.3) is 5.89 Å². The van der Waals surface area contributed by atoms with Crippen LogP contribution in [0.2, 0.25) is 0 Å². The fourth-order valence-electron chi connectivity index (χ4n) is 3.17. The van der Waals surface area contributed by atoms with Crippen LogP contribution in [0.4, 0.5) is 0 Å². The number of carbonyl (C=O) groups is 2. The van der Waals surface area contributed by atoms with Gasteiger partial charge in [0.05, 0.1) is 24.3 Å². The number of oxazole rings is 1. The molecule has 1 saturated heterocycles. The topological polar surface area (TPSA) is 96.8 Å². The maximum absolute atomic E-state index is 12.6. The zero-order valence-electron chi connectivity index (χ0n) is 13.7. The highest BCUT2D eigenvalue weighted by Crippen LogP contribution is 2.26. The summed E-state index contributed by atoms with van der Waals surface area (Å²) >= 11 is 0. The molecule has 1 aliphatic rings. The largest absolute Gasteiger partial charge is 0.481 e. The molecule has 0 radical (unpaired) electrons. The van der Waals surface area contributed by atoms with Crippen LogP contribution in [0.3, 0.4) is 0 Å². The number of aliphatic carboxylic acids is 1. The monoisotopic (exact) mass is 332 g/mol. The predicted octanol–water partition coefficient (Wildman–Crippen LogP) is 2.50. The van der Waals surface area contributed by atoms with Crippen LogP contribution in [0.5, 0.6) is 0 Å². The molecule has 1 fully saturated rings. The smallest absolute Gasteiger partial charge is 0.308 e. The number of amides is 1. The van der Waals surface area contributed by atoms with Crippen LogP contribution in [0.1, 0.15) is 31.2 Å². The van der Waals surface area contributed by atoms with Crippen molar-refractivity contribution in [2.45, 2.75) is 39.2 Å². The minimum Gasteiger partial charge on any atom is -0.481 e. The fraction of sp³-hybridized carbons (Fsp3) is 0.471. The minimum atomic E-state index is -0.849. The fourth-order valence-corrected chi connectivity index (χ4v) is 3.17. The number of aryl methyl sites for hydroxylation is 1. The molecule has 1 aliphatic heterocycles. The molecule has 3 heterocycles. The van der Waals surface area contributed by atoms with Gasteiger partial charge in [-0.2, -0.15) is 0 Å². The standard InChI is InChI=1S/C17H20N2O5/c1-10-12(17(21)22)5-3-7-19(10)15(20)9-13-11(2)24-16(18-13)14-6-4-8-23-14/h4,6,8,10,12H,3,5,7,9H2,1-2H3,(H,21,22)/t10-,12-/m1/s1. The highest BCUT2D eigenvalue weighted by Gasteiger charge is 2.35. The van der Waals surface area contributed by atoms with Gasteiger partial charge in [-0.3, -0.25) is 9.59 Å². The number of hydrogen-bond acceptors (Lipinski definition) is 5. The maximum atomic E-state index is 12.6. The Labute approximate surface area is 139 Å². The van der Waals surface area contributed by atoms with Gasteiger partial charge >= 0.3 is 5.97 Å².